The van der Waals surface area contributed by atoms with Crippen LogP contribution >= 0.6 is 11.3 Å². The molecule has 0 spiro atoms. The van der Waals surface area contributed by atoms with Crippen LogP contribution in [0, 0.1) is 0 Å². The third-order valence-electron chi connectivity index (χ3n) is 5.59. The standard InChI is InChI=1S/C24H27N3OS/c1-27(21-10-6-3-7-11-21)24-26-22(17-29-24)19-12-14-20(15-13-19)25-23(28)16-18-8-4-2-5-9-18/h2,4-5,8-9,12-15,17,21H,3,6-7,10-11,16H2,1H3,(H,25,28). The Morgan fingerprint density at radius 2 is 1.79 bits per heavy atom. The second-order valence-corrected chi connectivity index (χ2v) is 8.54. The van der Waals surface area contributed by atoms with Crippen molar-refractivity contribution in [1.29, 1.82) is 0 Å². The monoisotopic (exact) mass is 405 g/mol. The van der Waals surface area contributed by atoms with Gasteiger partial charge >= 0.3 is 0 Å². The molecule has 0 aliphatic heterocycles. The van der Waals surface area contributed by atoms with E-state index in [-0.39, 0.29) is 5.91 Å². The van der Waals surface area contributed by atoms with Crippen LogP contribution in [0.15, 0.2) is 60.0 Å². The van der Waals surface area contributed by atoms with E-state index in [4.69, 9.17) is 4.98 Å². The molecular weight excluding hydrogens is 378 g/mol. The fourth-order valence-electron chi connectivity index (χ4n) is 3.89. The molecule has 1 aliphatic carbocycles. The molecule has 5 heteroatoms. The van der Waals surface area contributed by atoms with Gasteiger partial charge in [-0.1, -0.05) is 61.7 Å². The number of hydrogen-bond donors (Lipinski definition) is 1. The van der Waals surface area contributed by atoms with Crippen molar-refractivity contribution < 1.29 is 4.79 Å². The number of benzene rings is 2. The van der Waals surface area contributed by atoms with Crippen LogP contribution in [0.3, 0.4) is 0 Å². The van der Waals surface area contributed by atoms with Gasteiger partial charge in [0.1, 0.15) is 0 Å². The lowest BCUT2D eigenvalue weighted by Crippen LogP contribution is -2.33. The van der Waals surface area contributed by atoms with Gasteiger partial charge in [0.15, 0.2) is 5.13 Å². The maximum Gasteiger partial charge on any atom is 0.228 e. The smallest absolute Gasteiger partial charge is 0.228 e. The lowest BCUT2D eigenvalue weighted by molar-refractivity contribution is -0.115. The number of nitrogens with one attached hydrogen (secondary N) is 1. The first kappa shape index (κ1) is 19.6. The van der Waals surface area contributed by atoms with Crippen LogP contribution in [0.25, 0.3) is 11.3 Å². The highest BCUT2D eigenvalue weighted by Crippen LogP contribution is 2.31. The second-order valence-electron chi connectivity index (χ2n) is 7.71. The van der Waals surface area contributed by atoms with E-state index in [0.717, 1.165) is 27.6 Å². The van der Waals surface area contributed by atoms with Crippen molar-refractivity contribution in [3.8, 4) is 11.3 Å². The summed E-state index contributed by atoms with van der Waals surface area (Å²) in [5.74, 6) is -0.00555. The van der Waals surface area contributed by atoms with Crippen LogP contribution in [0.1, 0.15) is 37.7 Å². The minimum atomic E-state index is -0.00555. The third kappa shape index (κ3) is 5.04. The number of hydrogen-bond acceptors (Lipinski definition) is 4. The van der Waals surface area contributed by atoms with Crippen molar-refractivity contribution in [2.45, 2.75) is 44.6 Å². The van der Waals surface area contributed by atoms with Crippen molar-refractivity contribution in [1.82, 2.24) is 4.98 Å². The number of amides is 1. The van der Waals surface area contributed by atoms with E-state index in [9.17, 15) is 4.79 Å². The molecule has 1 aliphatic rings. The molecule has 4 nitrogen and oxygen atoms in total. The average molecular weight is 406 g/mol. The SMILES string of the molecule is CN(c1nc(-c2ccc(NC(=O)Cc3ccccc3)cc2)cs1)C1CCCCC1. The molecule has 0 atom stereocenters. The summed E-state index contributed by atoms with van der Waals surface area (Å²) in [6.07, 6.45) is 6.92. The Balaban J connectivity index is 1.38. The highest BCUT2D eigenvalue weighted by molar-refractivity contribution is 7.14. The van der Waals surface area contributed by atoms with Gasteiger partial charge < -0.3 is 10.2 Å². The van der Waals surface area contributed by atoms with Crippen molar-refractivity contribution >= 4 is 28.1 Å². The van der Waals surface area contributed by atoms with Crippen molar-refractivity contribution in [2.24, 2.45) is 0 Å². The van der Waals surface area contributed by atoms with Crippen molar-refractivity contribution in [2.75, 3.05) is 17.3 Å². The van der Waals surface area contributed by atoms with Crippen LogP contribution < -0.4 is 10.2 Å². The van der Waals surface area contributed by atoms with E-state index in [1.54, 1.807) is 11.3 Å². The molecule has 1 aromatic heterocycles. The van der Waals surface area contributed by atoms with Gasteiger partial charge in [-0.05, 0) is 30.5 Å². The molecule has 1 fully saturated rings. The van der Waals surface area contributed by atoms with E-state index in [0.29, 0.717) is 12.5 Å². The Morgan fingerprint density at radius 3 is 2.52 bits per heavy atom. The summed E-state index contributed by atoms with van der Waals surface area (Å²) in [7, 11) is 2.17. The molecule has 1 N–H and O–H groups in total. The number of thiazole rings is 1. The molecule has 2 aromatic carbocycles. The second kappa shape index (κ2) is 9.23. The largest absolute Gasteiger partial charge is 0.348 e. The fourth-order valence-corrected chi connectivity index (χ4v) is 4.77. The highest BCUT2D eigenvalue weighted by atomic mass is 32.1. The van der Waals surface area contributed by atoms with Gasteiger partial charge in [0, 0.05) is 29.7 Å². The van der Waals surface area contributed by atoms with Gasteiger partial charge in [-0.15, -0.1) is 11.3 Å². The molecule has 0 bridgehead atoms. The first-order valence-corrected chi connectivity index (χ1v) is 11.2. The molecule has 1 saturated carbocycles. The normalized spacial score (nSPS) is 14.5. The predicted molar refractivity (Wildman–Crippen MR) is 122 cm³/mol. The molecule has 150 valence electrons. The summed E-state index contributed by atoms with van der Waals surface area (Å²) in [5.41, 5.74) is 3.89. The van der Waals surface area contributed by atoms with Crippen molar-refractivity contribution in [3.63, 3.8) is 0 Å². The summed E-state index contributed by atoms with van der Waals surface area (Å²) < 4.78 is 0. The summed E-state index contributed by atoms with van der Waals surface area (Å²) in [6.45, 7) is 0. The van der Waals surface area contributed by atoms with Gasteiger partial charge in [0.05, 0.1) is 12.1 Å². The van der Waals surface area contributed by atoms with E-state index < -0.39 is 0 Å². The highest BCUT2D eigenvalue weighted by Gasteiger charge is 2.20. The van der Waals surface area contributed by atoms with E-state index in [2.05, 4.69) is 22.6 Å². The Hall–Kier alpha value is -2.66. The topological polar surface area (TPSA) is 45.2 Å². The lowest BCUT2D eigenvalue weighted by Gasteiger charge is -2.30. The fraction of sp³-hybridized carbons (Fsp3) is 0.333. The molecular formula is C24H27N3OS. The van der Waals surface area contributed by atoms with E-state index >= 15 is 0 Å². The maximum atomic E-state index is 12.2. The van der Waals surface area contributed by atoms with Crippen LogP contribution in [-0.2, 0) is 11.2 Å². The average Bonchev–Trinajstić information content (AvgIpc) is 3.25. The Labute approximate surface area is 176 Å². The van der Waals surface area contributed by atoms with Gasteiger partial charge in [-0.3, -0.25) is 4.79 Å². The van der Waals surface area contributed by atoms with E-state index in [1.807, 2.05) is 54.6 Å². The maximum absolute atomic E-state index is 12.2. The predicted octanol–water partition coefficient (Wildman–Crippen LogP) is 5.76. The van der Waals surface area contributed by atoms with Gasteiger partial charge in [-0.25, -0.2) is 4.98 Å². The summed E-state index contributed by atoms with van der Waals surface area (Å²) >= 11 is 1.71. The Kier molecular flexibility index (Phi) is 6.25. The molecule has 4 rings (SSSR count). The lowest BCUT2D eigenvalue weighted by atomic mass is 9.95. The zero-order valence-corrected chi connectivity index (χ0v) is 17.6. The van der Waals surface area contributed by atoms with Crippen LogP contribution in [0.5, 0.6) is 0 Å². The molecule has 0 unspecified atom stereocenters. The quantitative estimate of drug-likeness (QED) is 0.567. The number of aromatic nitrogens is 1. The molecule has 1 amide bonds. The zero-order chi connectivity index (χ0) is 20.1. The van der Waals surface area contributed by atoms with Gasteiger partial charge in [0.25, 0.3) is 0 Å². The molecule has 1 heterocycles. The summed E-state index contributed by atoms with van der Waals surface area (Å²) in [6, 6.07) is 18.3. The summed E-state index contributed by atoms with van der Waals surface area (Å²) in [5, 5.41) is 6.18. The number of nitrogens with zero attached hydrogens (tertiary/aromatic N) is 2. The number of carbonyl (C=O) groups is 1. The number of rotatable bonds is 6. The van der Waals surface area contributed by atoms with Gasteiger partial charge in [0.2, 0.25) is 5.91 Å². The zero-order valence-electron chi connectivity index (χ0n) is 16.8. The Morgan fingerprint density at radius 1 is 1.07 bits per heavy atom. The van der Waals surface area contributed by atoms with Crippen molar-refractivity contribution in [3.05, 3.63) is 65.5 Å². The molecule has 0 saturated heterocycles. The van der Waals surface area contributed by atoms with Crippen LogP contribution in [-0.4, -0.2) is 24.0 Å². The first-order valence-electron chi connectivity index (χ1n) is 10.3. The molecule has 3 aromatic rings. The van der Waals surface area contributed by atoms with Crippen LogP contribution in [0.2, 0.25) is 0 Å². The minimum absolute atomic E-state index is 0.00555. The van der Waals surface area contributed by atoms with Crippen LogP contribution in [0.4, 0.5) is 10.8 Å². The van der Waals surface area contributed by atoms with E-state index in [1.165, 1.54) is 32.1 Å². The number of carbonyl (C=O) groups excluding carboxylic acids is 1. The molecule has 29 heavy (non-hydrogen) atoms. The summed E-state index contributed by atoms with van der Waals surface area (Å²) in [4.78, 5) is 19.4. The third-order valence-corrected chi connectivity index (χ3v) is 6.52. The van der Waals surface area contributed by atoms with Gasteiger partial charge in [-0.2, -0.15) is 0 Å². The molecule has 0 radical (unpaired) electrons. The minimum Gasteiger partial charge on any atom is -0.348 e. The first-order chi connectivity index (χ1) is 14.2. The Bertz CT molecular complexity index is 930. The number of anilines is 2.